The normalized spacial score (nSPS) is 10.2. The number of halogens is 1. The monoisotopic (exact) mass is 349 g/mol. The Balaban J connectivity index is 1.61. The van der Waals surface area contributed by atoms with E-state index in [1.54, 1.807) is 12.1 Å². The number of ether oxygens (including phenoxy) is 2. The summed E-state index contributed by atoms with van der Waals surface area (Å²) in [5.41, 5.74) is 0. The largest absolute Gasteiger partial charge is 0.494 e. The first-order chi connectivity index (χ1) is 11.7. The standard InChI is InChI=1S/C18H20FNO3S/c1-2-22-15-7-9-17(10-8-15)24-13-18(21)20-11-12-23-16-5-3-14(19)4-6-16/h3-10H,2,11-13H2,1H3,(H,20,21). The molecule has 0 bridgehead atoms. The Hall–Kier alpha value is -2.21. The lowest BCUT2D eigenvalue weighted by molar-refractivity contribution is -0.118. The molecule has 0 unspecified atom stereocenters. The molecule has 1 N–H and O–H groups in total. The van der Waals surface area contributed by atoms with Crippen molar-refractivity contribution in [2.75, 3.05) is 25.5 Å². The Bertz CT molecular complexity index is 632. The molecule has 128 valence electrons. The lowest BCUT2D eigenvalue weighted by atomic mass is 10.3. The molecule has 0 aliphatic carbocycles. The minimum absolute atomic E-state index is 0.0587. The zero-order valence-corrected chi connectivity index (χ0v) is 14.3. The molecule has 0 fully saturated rings. The third-order valence-electron chi connectivity index (χ3n) is 3.01. The maximum atomic E-state index is 12.7. The Labute approximate surface area is 145 Å². The van der Waals surface area contributed by atoms with Crippen molar-refractivity contribution in [1.29, 1.82) is 0 Å². The van der Waals surface area contributed by atoms with Gasteiger partial charge in [0.1, 0.15) is 23.9 Å². The number of rotatable bonds is 9. The molecule has 2 rings (SSSR count). The Kier molecular flexibility index (Phi) is 7.42. The van der Waals surface area contributed by atoms with Crippen LogP contribution in [0, 0.1) is 5.82 Å². The van der Waals surface area contributed by atoms with Gasteiger partial charge in [-0.25, -0.2) is 4.39 Å². The van der Waals surface area contributed by atoms with Crippen LogP contribution in [0.1, 0.15) is 6.92 Å². The summed E-state index contributed by atoms with van der Waals surface area (Å²) in [7, 11) is 0. The van der Waals surface area contributed by atoms with E-state index in [1.165, 1.54) is 23.9 Å². The van der Waals surface area contributed by atoms with Gasteiger partial charge in [0.05, 0.1) is 18.9 Å². The first kappa shape index (κ1) is 18.1. The summed E-state index contributed by atoms with van der Waals surface area (Å²) in [6, 6.07) is 13.4. The van der Waals surface area contributed by atoms with E-state index in [1.807, 2.05) is 31.2 Å². The van der Waals surface area contributed by atoms with Crippen LogP contribution in [0.5, 0.6) is 11.5 Å². The average molecular weight is 349 g/mol. The third-order valence-corrected chi connectivity index (χ3v) is 4.02. The SMILES string of the molecule is CCOc1ccc(SCC(=O)NCCOc2ccc(F)cc2)cc1. The van der Waals surface area contributed by atoms with Gasteiger partial charge in [-0.05, 0) is 55.5 Å². The summed E-state index contributed by atoms with van der Waals surface area (Å²) < 4.78 is 23.5. The zero-order chi connectivity index (χ0) is 17.2. The van der Waals surface area contributed by atoms with Crippen LogP contribution in [0.3, 0.4) is 0 Å². The van der Waals surface area contributed by atoms with Gasteiger partial charge in [0.15, 0.2) is 0 Å². The van der Waals surface area contributed by atoms with Crippen molar-refractivity contribution in [3.05, 3.63) is 54.3 Å². The molecule has 0 radical (unpaired) electrons. The molecule has 0 atom stereocenters. The van der Waals surface area contributed by atoms with Gasteiger partial charge in [0.25, 0.3) is 0 Å². The van der Waals surface area contributed by atoms with Crippen molar-refractivity contribution in [3.8, 4) is 11.5 Å². The van der Waals surface area contributed by atoms with Crippen LogP contribution in [-0.4, -0.2) is 31.4 Å². The topological polar surface area (TPSA) is 47.6 Å². The maximum Gasteiger partial charge on any atom is 0.230 e. The fourth-order valence-corrected chi connectivity index (χ4v) is 2.62. The molecule has 0 spiro atoms. The van der Waals surface area contributed by atoms with E-state index >= 15 is 0 Å². The highest BCUT2D eigenvalue weighted by Gasteiger charge is 2.03. The Morgan fingerprint density at radius 1 is 1.04 bits per heavy atom. The molecule has 6 heteroatoms. The molecule has 2 aromatic carbocycles. The van der Waals surface area contributed by atoms with Gasteiger partial charge in [0.2, 0.25) is 5.91 Å². The van der Waals surface area contributed by atoms with Gasteiger partial charge in [-0.3, -0.25) is 4.79 Å². The van der Waals surface area contributed by atoms with Crippen molar-refractivity contribution in [1.82, 2.24) is 5.32 Å². The second kappa shape index (κ2) is 9.82. The van der Waals surface area contributed by atoms with E-state index in [9.17, 15) is 9.18 Å². The number of benzene rings is 2. The summed E-state index contributed by atoms with van der Waals surface area (Å²) >= 11 is 1.46. The van der Waals surface area contributed by atoms with Crippen molar-refractivity contribution in [2.45, 2.75) is 11.8 Å². The van der Waals surface area contributed by atoms with Gasteiger partial charge in [-0.2, -0.15) is 0 Å². The average Bonchev–Trinajstić information content (AvgIpc) is 2.60. The lowest BCUT2D eigenvalue weighted by Gasteiger charge is -2.08. The van der Waals surface area contributed by atoms with Crippen molar-refractivity contribution < 1.29 is 18.7 Å². The second-order valence-corrected chi connectivity index (χ2v) is 5.89. The number of hydrogen-bond donors (Lipinski definition) is 1. The predicted molar refractivity (Wildman–Crippen MR) is 93.2 cm³/mol. The molecule has 0 saturated carbocycles. The van der Waals surface area contributed by atoms with Crippen LogP contribution < -0.4 is 14.8 Å². The van der Waals surface area contributed by atoms with Crippen molar-refractivity contribution >= 4 is 17.7 Å². The number of amides is 1. The molecule has 1 amide bonds. The van der Waals surface area contributed by atoms with Crippen LogP contribution in [0.25, 0.3) is 0 Å². The minimum Gasteiger partial charge on any atom is -0.494 e. The van der Waals surface area contributed by atoms with Crippen LogP contribution in [0.15, 0.2) is 53.4 Å². The van der Waals surface area contributed by atoms with Gasteiger partial charge in [-0.1, -0.05) is 0 Å². The molecule has 24 heavy (non-hydrogen) atoms. The molecule has 0 aliphatic rings. The fourth-order valence-electron chi connectivity index (χ4n) is 1.89. The van der Waals surface area contributed by atoms with E-state index in [2.05, 4.69) is 5.32 Å². The quantitative estimate of drug-likeness (QED) is 0.556. The maximum absolute atomic E-state index is 12.7. The van der Waals surface area contributed by atoms with Gasteiger partial charge in [0, 0.05) is 4.90 Å². The molecular weight excluding hydrogens is 329 g/mol. The van der Waals surface area contributed by atoms with Crippen LogP contribution in [0.2, 0.25) is 0 Å². The van der Waals surface area contributed by atoms with E-state index in [0.29, 0.717) is 31.3 Å². The Morgan fingerprint density at radius 2 is 1.67 bits per heavy atom. The number of thioether (sulfide) groups is 1. The van der Waals surface area contributed by atoms with E-state index in [0.717, 1.165) is 10.6 Å². The number of carbonyl (C=O) groups is 1. The molecule has 2 aromatic rings. The second-order valence-electron chi connectivity index (χ2n) is 4.85. The highest BCUT2D eigenvalue weighted by Crippen LogP contribution is 2.21. The van der Waals surface area contributed by atoms with Crippen LogP contribution in [0.4, 0.5) is 4.39 Å². The molecule has 0 aliphatic heterocycles. The van der Waals surface area contributed by atoms with Gasteiger partial charge >= 0.3 is 0 Å². The third kappa shape index (κ3) is 6.50. The highest BCUT2D eigenvalue weighted by atomic mass is 32.2. The summed E-state index contributed by atoms with van der Waals surface area (Å²) in [5, 5.41) is 2.78. The number of nitrogens with one attached hydrogen (secondary N) is 1. The predicted octanol–water partition coefficient (Wildman–Crippen LogP) is 3.51. The van der Waals surface area contributed by atoms with E-state index < -0.39 is 0 Å². The first-order valence-corrected chi connectivity index (χ1v) is 8.66. The molecule has 4 nitrogen and oxygen atoms in total. The summed E-state index contributed by atoms with van der Waals surface area (Å²) in [6.45, 7) is 3.31. The van der Waals surface area contributed by atoms with Gasteiger partial charge < -0.3 is 14.8 Å². The molecule has 0 aromatic heterocycles. The molecule has 0 heterocycles. The smallest absolute Gasteiger partial charge is 0.230 e. The van der Waals surface area contributed by atoms with Gasteiger partial charge in [-0.15, -0.1) is 11.8 Å². The number of hydrogen-bond acceptors (Lipinski definition) is 4. The summed E-state index contributed by atoms with van der Waals surface area (Å²) in [5.74, 6) is 1.38. The zero-order valence-electron chi connectivity index (χ0n) is 13.5. The molecular formula is C18H20FNO3S. The van der Waals surface area contributed by atoms with E-state index in [-0.39, 0.29) is 11.7 Å². The Morgan fingerprint density at radius 3 is 2.33 bits per heavy atom. The summed E-state index contributed by atoms with van der Waals surface area (Å²) in [4.78, 5) is 12.8. The van der Waals surface area contributed by atoms with Crippen LogP contribution >= 0.6 is 11.8 Å². The molecule has 0 saturated heterocycles. The highest BCUT2D eigenvalue weighted by molar-refractivity contribution is 8.00. The summed E-state index contributed by atoms with van der Waals surface area (Å²) in [6.07, 6.45) is 0. The van der Waals surface area contributed by atoms with Crippen molar-refractivity contribution in [3.63, 3.8) is 0 Å². The minimum atomic E-state index is -0.304. The van der Waals surface area contributed by atoms with Crippen molar-refractivity contribution in [2.24, 2.45) is 0 Å². The lowest BCUT2D eigenvalue weighted by Crippen LogP contribution is -2.29. The van der Waals surface area contributed by atoms with E-state index in [4.69, 9.17) is 9.47 Å². The first-order valence-electron chi connectivity index (χ1n) is 7.68. The van der Waals surface area contributed by atoms with Crippen LogP contribution in [-0.2, 0) is 4.79 Å². The fraction of sp³-hybridized carbons (Fsp3) is 0.278. The number of carbonyl (C=O) groups excluding carboxylic acids is 1.